The summed E-state index contributed by atoms with van der Waals surface area (Å²) < 4.78 is 0. The van der Waals surface area contributed by atoms with Crippen molar-refractivity contribution in [1.29, 1.82) is 0 Å². The summed E-state index contributed by atoms with van der Waals surface area (Å²) in [6.07, 6.45) is 0. The van der Waals surface area contributed by atoms with E-state index in [1.807, 2.05) is 0 Å². The molecule has 0 unspecified atom stereocenters. The van der Waals surface area contributed by atoms with Crippen LogP contribution in [-0.4, -0.2) is 22.3 Å². The molecular weight excluding hydrogens is 98.0 g/mol. The van der Waals surface area contributed by atoms with Crippen LogP contribution in [0.15, 0.2) is 0 Å². The van der Waals surface area contributed by atoms with Crippen LogP contribution in [0.5, 0.6) is 0 Å². The number of hydrogen-bond acceptors (Lipinski definition) is 3. The zero-order chi connectivity index (χ0) is 5.86. The van der Waals surface area contributed by atoms with Crippen molar-refractivity contribution in [2.24, 2.45) is 0 Å². The molecule has 0 saturated heterocycles. The van der Waals surface area contributed by atoms with Gasteiger partial charge in [0.05, 0.1) is 0 Å². The van der Waals surface area contributed by atoms with E-state index in [0.717, 1.165) is 0 Å². The van der Waals surface area contributed by atoms with Gasteiger partial charge >= 0.3 is 5.97 Å². The monoisotopic (exact) mass is 105 g/mol. The van der Waals surface area contributed by atoms with Gasteiger partial charge in [0.2, 0.25) is 0 Å². The van der Waals surface area contributed by atoms with E-state index >= 15 is 0 Å². The summed E-state index contributed by atoms with van der Waals surface area (Å²) in [5.41, 5.74) is 1.56. The summed E-state index contributed by atoms with van der Waals surface area (Å²) in [6, 6.07) is -0.875. The Morgan fingerprint density at radius 3 is 2.29 bits per heavy atom. The third-order valence-corrected chi connectivity index (χ3v) is 0.564. The number of carboxylic acid groups (broad SMARTS) is 1. The Kier molecular flexibility index (Phi) is 2.32. The summed E-state index contributed by atoms with van der Waals surface area (Å²) >= 11 is 0. The Morgan fingerprint density at radius 1 is 1.86 bits per heavy atom. The minimum atomic E-state index is -1.07. The second-order valence-corrected chi connectivity index (χ2v) is 1.19. The molecule has 0 aromatic heterocycles. The zero-order valence-corrected chi connectivity index (χ0v) is 3.88. The summed E-state index contributed by atoms with van der Waals surface area (Å²) in [6.45, 7) is 1.34. The van der Waals surface area contributed by atoms with E-state index < -0.39 is 12.0 Å². The number of carboxylic acids is 1. The average Bonchev–Trinajstić information content (AvgIpc) is 1.65. The van der Waals surface area contributed by atoms with Gasteiger partial charge in [0.1, 0.15) is 6.04 Å². The molecule has 0 aromatic carbocycles. The first-order valence-corrected chi connectivity index (χ1v) is 1.81. The lowest BCUT2D eigenvalue weighted by Gasteiger charge is -1.98. The van der Waals surface area contributed by atoms with Crippen molar-refractivity contribution in [3.05, 3.63) is 0 Å². The Bertz CT molecular complexity index is 72.6. The molecule has 0 aromatic rings. The van der Waals surface area contributed by atoms with Gasteiger partial charge in [-0.2, -0.15) is 5.48 Å². The van der Waals surface area contributed by atoms with Gasteiger partial charge in [-0.1, -0.05) is 0 Å². The molecule has 0 aliphatic carbocycles. The maximum absolute atomic E-state index is 9.71. The second kappa shape index (κ2) is 2.54. The highest BCUT2D eigenvalue weighted by atomic mass is 16.5. The van der Waals surface area contributed by atoms with E-state index in [1.54, 1.807) is 5.48 Å². The molecule has 42 valence electrons. The minimum absolute atomic E-state index is 0.875. The molecule has 7 heavy (non-hydrogen) atoms. The van der Waals surface area contributed by atoms with Gasteiger partial charge in [-0.05, 0) is 6.92 Å². The quantitative estimate of drug-likeness (QED) is 0.411. The Balaban J connectivity index is 3.34. The Labute approximate surface area is 40.7 Å². The third-order valence-electron chi connectivity index (χ3n) is 0.564. The van der Waals surface area contributed by atoms with Gasteiger partial charge in [0.25, 0.3) is 0 Å². The van der Waals surface area contributed by atoms with Crippen molar-refractivity contribution in [2.45, 2.75) is 13.0 Å². The van der Waals surface area contributed by atoms with E-state index in [0.29, 0.717) is 0 Å². The highest BCUT2D eigenvalue weighted by Gasteiger charge is 2.05. The van der Waals surface area contributed by atoms with Crippen LogP contribution in [0.1, 0.15) is 6.92 Å². The van der Waals surface area contributed by atoms with Crippen molar-refractivity contribution < 1.29 is 15.1 Å². The predicted molar refractivity (Wildman–Crippen MR) is 22.0 cm³/mol. The lowest BCUT2D eigenvalue weighted by atomic mass is 10.4. The standard InChI is InChI=1S/C3H7NO3/c1-2(4-7)3(5)6/h2,4,7H,1H3,(H,5,6)/t2-/m0/s1. The number of nitrogens with one attached hydrogen (secondary N) is 1. The molecule has 0 aliphatic heterocycles. The molecule has 0 saturated carbocycles. The molecule has 0 aliphatic rings. The maximum Gasteiger partial charge on any atom is 0.322 e. The second-order valence-electron chi connectivity index (χ2n) is 1.19. The van der Waals surface area contributed by atoms with E-state index in [4.69, 9.17) is 10.3 Å². The largest absolute Gasteiger partial charge is 0.480 e. The van der Waals surface area contributed by atoms with Crippen LogP contribution in [0.3, 0.4) is 0 Å². The Morgan fingerprint density at radius 2 is 2.29 bits per heavy atom. The van der Waals surface area contributed by atoms with Crippen molar-refractivity contribution in [2.75, 3.05) is 0 Å². The van der Waals surface area contributed by atoms with Gasteiger partial charge < -0.3 is 10.3 Å². The molecule has 0 bridgehead atoms. The number of rotatable bonds is 2. The van der Waals surface area contributed by atoms with Gasteiger partial charge in [0, 0.05) is 0 Å². The molecule has 3 N–H and O–H groups in total. The van der Waals surface area contributed by atoms with Crippen molar-refractivity contribution in [1.82, 2.24) is 5.48 Å². The van der Waals surface area contributed by atoms with Crippen molar-refractivity contribution in [3.63, 3.8) is 0 Å². The summed E-state index contributed by atoms with van der Waals surface area (Å²) in [4.78, 5) is 9.71. The average molecular weight is 105 g/mol. The zero-order valence-electron chi connectivity index (χ0n) is 3.88. The molecule has 4 heteroatoms. The Hall–Kier alpha value is -0.610. The van der Waals surface area contributed by atoms with E-state index in [-0.39, 0.29) is 0 Å². The van der Waals surface area contributed by atoms with Crippen LogP contribution in [0.25, 0.3) is 0 Å². The van der Waals surface area contributed by atoms with E-state index in [1.165, 1.54) is 6.92 Å². The SMILES string of the molecule is C[C@H](NO)C(=O)O. The summed E-state index contributed by atoms with van der Waals surface area (Å²) in [5, 5.41) is 15.8. The molecule has 4 nitrogen and oxygen atoms in total. The third kappa shape index (κ3) is 2.13. The lowest BCUT2D eigenvalue weighted by Crippen LogP contribution is -2.30. The first-order valence-electron chi connectivity index (χ1n) is 1.81. The van der Waals surface area contributed by atoms with Crippen LogP contribution in [0.4, 0.5) is 0 Å². The highest BCUT2D eigenvalue weighted by molar-refractivity contribution is 5.72. The van der Waals surface area contributed by atoms with E-state index in [2.05, 4.69) is 0 Å². The summed E-state index contributed by atoms with van der Waals surface area (Å²) in [7, 11) is 0. The molecule has 0 fully saturated rings. The first kappa shape index (κ1) is 6.39. The van der Waals surface area contributed by atoms with Crippen LogP contribution in [-0.2, 0) is 4.79 Å². The predicted octanol–water partition coefficient (Wildman–Crippen LogP) is -0.562. The smallest absolute Gasteiger partial charge is 0.322 e. The van der Waals surface area contributed by atoms with Crippen LogP contribution < -0.4 is 5.48 Å². The van der Waals surface area contributed by atoms with Gasteiger partial charge in [-0.3, -0.25) is 4.79 Å². The lowest BCUT2D eigenvalue weighted by molar-refractivity contribution is -0.141. The fourth-order valence-electron chi connectivity index (χ4n) is 0.0552. The number of carbonyl (C=O) groups is 1. The molecule has 1 atom stereocenters. The molecule has 0 rings (SSSR count). The molecule has 0 heterocycles. The fraction of sp³-hybridized carbons (Fsp3) is 0.667. The summed E-state index contributed by atoms with van der Waals surface area (Å²) in [5.74, 6) is -1.07. The van der Waals surface area contributed by atoms with Gasteiger partial charge in [-0.15, -0.1) is 0 Å². The van der Waals surface area contributed by atoms with Crippen molar-refractivity contribution in [3.8, 4) is 0 Å². The number of hydrogen-bond donors (Lipinski definition) is 3. The van der Waals surface area contributed by atoms with E-state index in [9.17, 15) is 4.79 Å². The highest BCUT2D eigenvalue weighted by Crippen LogP contribution is 1.74. The first-order chi connectivity index (χ1) is 3.18. The molecule has 0 radical (unpaired) electrons. The van der Waals surface area contributed by atoms with Gasteiger partial charge in [0.15, 0.2) is 0 Å². The number of hydroxylamine groups is 1. The maximum atomic E-state index is 9.71. The molecular formula is C3H7NO3. The van der Waals surface area contributed by atoms with Crippen LogP contribution in [0, 0.1) is 0 Å². The number of aliphatic carboxylic acids is 1. The fourth-order valence-corrected chi connectivity index (χ4v) is 0.0552. The molecule has 0 spiro atoms. The van der Waals surface area contributed by atoms with Gasteiger partial charge in [-0.25, -0.2) is 0 Å². The topological polar surface area (TPSA) is 69.6 Å². The van der Waals surface area contributed by atoms with Crippen LogP contribution >= 0.6 is 0 Å². The molecule has 0 amide bonds. The minimum Gasteiger partial charge on any atom is -0.480 e. The van der Waals surface area contributed by atoms with Crippen molar-refractivity contribution >= 4 is 5.97 Å². The normalized spacial score (nSPS) is 13.4. The van der Waals surface area contributed by atoms with Crippen LogP contribution in [0.2, 0.25) is 0 Å².